The van der Waals surface area contributed by atoms with Crippen molar-refractivity contribution >= 4 is 5.91 Å². The molecule has 1 aromatic rings. The SMILES string of the molecule is C=CC(=O)N(Cc1cnn(C)c1C)CC1CCCCC1. The van der Waals surface area contributed by atoms with E-state index in [4.69, 9.17) is 0 Å². The molecule has 1 fully saturated rings. The minimum atomic E-state index is 0.0267. The molecule has 2 rings (SSSR count). The highest BCUT2D eigenvalue weighted by Gasteiger charge is 2.20. The van der Waals surface area contributed by atoms with Crippen LogP contribution in [0.15, 0.2) is 18.9 Å². The maximum atomic E-state index is 12.1. The molecule has 4 nitrogen and oxygen atoms in total. The summed E-state index contributed by atoms with van der Waals surface area (Å²) in [5.41, 5.74) is 2.24. The molecule has 1 aliphatic carbocycles. The summed E-state index contributed by atoms with van der Waals surface area (Å²) in [5.74, 6) is 0.670. The largest absolute Gasteiger partial charge is 0.334 e. The van der Waals surface area contributed by atoms with Crippen LogP contribution in [0, 0.1) is 12.8 Å². The smallest absolute Gasteiger partial charge is 0.246 e. The highest BCUT2D eigenvalue weighted by molar-refractivity contribution is 5.87. The fourth-order valence-corrected chi connectivity index (χ4v) is 2.95. The van der Waals surface area contributed by atoms with Gasteiger partial charge in [0.1, 0.15) is 0 Å². The third kappa shape index (κ3) is 3.50. The Morgan fingerprint density at radius 3 is 2.75 bits per heavy atom. The summed E-state index contributed by atoms with van der Waals surface area (Å²) in [7, 11) is 1.93. The van der Waals surface area contributed by atoms with Crippen LogP contribution in [0.3, 0.4) is 0 Å². The van der Waals surface area contributed by atoms with E-state index in [1.807, 2.05) is 29.7 Å². The van der Waals surface area contributed by atoms with Gasteiger partial charge in [-0.15, -0.1) is 0 Å². The van der Waals surface area contributed by atoms with E-state index in [0.29, 0.717) is 12.5 Å². The van der Waals surface area contributed by atoms with Crippen molar-refractivity contribution in [2.45, 2.75) is 45.6 Å². The van der Waals surface area contributed by atoms with E-state index in [9.17, 15) is 4.79 Å². The number of nitrogens with zero attached hydrogens (tertiary/aromatic N) is 3. The van der Waals surface area contributed by atoms with Crippen LogP contribution in [-0.2, 0) is 18.4 Å². The molecule has 1 heterocycles. The number of hydrogen-bond acceptors (Lipinski definition) is 2. The van der Waals surface area contributed by atoms with Gasteiger partial charge >= 0.3 is 0 Å². The predicted molar refractivity (Wildman–Crippen MR) is 80.1 cm³/mol. The number of rotatable bonds is 5. The molecule has 0 aromatic carbocycles. The second-order valence-corrected chi connectivity index (χ2v) is 5.81. The summed E-state index contributed by atoms with van der Waals surface area (Å²) < 4.78 is 1.85. The van der Waals surface area contributed by atoms with Crippen LogP contribution in [0.25, 0.3) is 0 Å². The number of aromatic nitrogens is 2. The molecule has 1 aliphatic rings. The van der Waals surface area contributed by atoms with Crippen LogP contribution < -0.4 is 0 Å². The highest BCUT2D eigenvalue weighted by Crippen LogP contribution is 2.25. The fourth-order valence-electron chi connectivity index (χ4n) is 2.95. The molecule has 0 aliphatic heterocycles. The summed E-state index contributed by atoms with van der Waals surface area (Å²) in [6.07, 6.45) is 9.71. The molecule has 1 amide bonds. The Bertz CT molecular complexity index is 472. The summed E-state index contributed by atoms with van der Waals surface area (Å²) >= 11 is 0. The van der Waals surface area contributed by atoms with Crippen molar-refractivity contribution in [2.24, 2.45) is 13.0 Å². The van der Waals surface area contributed by atoms with Crippen LogP contribution in [-0.4, -0.2) is 27.1 Å². The predicted octanol–water partition coefficient (Wildman–Crippen LogP) is 2.82. The van der Waals surface area contributed by atoms with Crippen molar-refractivity contribution in [3.63, 3.8) is 0 Å². The van der Waals surface area contributed by atoms with Crippen LogP contribution in [0.1, 0.15) is 43.4 Å². The second kappa shape index (κ2) is 6.73. The van der Waals surface area contributed by atoms with Gasteiger partial charge in [0.05, 0.1) is 6.20 Å². The van der Waals surface area contributed by atoms with E-state index >= 15 is 0 Å². The van der Waals surface area contributed by atoms with Crippen LogP contribution >= 0.6 is 0 Å². The summed E-state index contributed by atoms with van der Waals surface area (Å²) in [5, 5.41) is 4.25. The quantitative estimate of drug-likeness (QED) is 0.775. The van der Waals surface area contributed by atoms with Crippen molar-refractivity contribution in [3.8, 4) is 0 Å². The standard InChI is InChI=1S/C16H25N3O/c1-4-16(20)19(11-14-8-6-5-7-9-14)12-15-10-17-18(3)13(15)2/h4,10,14H,1,5-9,11-12H2,2-3H3. The van der Waals surface area contributed by atoms with Gasteiger partial charge < -0.3 is 4.90 Å². The average molecular weight is 275 g/mol. The van der Waals surface area contributed by atoms with Gasteiger partial charge in [-0.2, -0.15) is 5.10 Å². The Hall–Kier alpha value is -1.58. The van der Waals surface area contributed by atoms with Crippen LogP contribution in [0.4, 0.5) is 0 Å². The zero-order valence-electron chi connectivity index (χ0n) is 12.6. The van der Waals surface area contributed by atoms with Gasteiger partial charge in [0, 0.05) is 31.4 Å². The van der Waals surface area contributed by atoms with Crippen molar-refractivity contribution in [2.75, 3.05) is 6.54 Å². The molecular formula is C16H25N3O. The summed E-state index contributed by atoms with van der Waals surface area (Å²) in [6, 6.07) is 0. The average Bonchev–Trinajstić information content (AvgIpc) is 2.79. The number of hydrogen-bond donors (Lipinski definition) is 0. The Balaban J connectivity index is 2.05. The third-order valence-corrected chi connectivity index (χ3v) is 4.39. The lowest BCUT2D eigenvalue weighted by Gasteiger charge is -2.29. The molecule has 110 valence electrons. The van der Waals surface area contributed by atoms with Gasteiger partial charge in [-0.3, -0.25) is 9.48 Å². The van der Waals surface area contributed by atoms with E-state index in [1.54, 1.807) is 0 Å². The number of carbonyl (C=O) groups is 1. The zero-order valence-corrected chi connectivity index (χ0v) is 12.6. The van der Waals surface area contributed by atoms with Crippen molar-refractivity contribution < 1.29 is 4.79 Å². The molecule has 0 unspecified atom stereocenters. The zero-order chi connectivity index (χ0) is 14.5. The molecule has 0 radical (unpaired) electrons. The molecule has 0 atom stereocenters. The lowest BCUT2D eigenvalue weighted by molar-refractivity contribution is -0.127. The lowest BCUT2D eigenvalue weighted by Crippen LogP contribution is -2.34. The fraction of sp³-hybridized carbons (Fsp3) is 0.625. The van der Waals surface area contributed by atoms with Gasteiger partial charge in [0.2, 0.25) is 5.91 Å². The first kappa shape index (κ1) is 14.8. The third-order valence-electron chi connectivity index (χ3n) is 4.39. The van der Waals surface area contributed by atoms with Crippen LogP contribution in [0.5, 0.6) is 0 Å². The molecule has 0 bridgehead atoms. The maximum Gasteiger partial charge on any atom is 0.246 e. The van der Waals surface area contributed by atoms with Crippen molar-refractivity contribution in [1.82, 2.24) is 14.7 Å². The van der Waals surface area contributed by atoms with Crippen molar-refractivity contribution in [3.05, 3.63) is 30.1 Å². The highest BCUT2D eigenvalue weighted by atomic mass is 16.2. The van der Waals surface area contributed by atoms with Gasteiger partial charge in [-0.1, -0.05) is 25.8 Å². The van der Waals surface area contributed by atoms with Crippen LogP contribution in [0.2, 0.25) is 0 Å². The molecule has 1 saturated carbocycles. The molecule has 0 saturated heterocycles. The Morgan fingerprint density at radius 2 is 2.20 bits per heavy atom. The maximum absolute atomic E-state index is 12.1. The van der Waals surface area contributed by atoms with Crippen molar-refractivity contribution in [1.29, 1.82) is 0 Å². The topological polar surface area (TPSA) is 38.1 Å². The van der Waals surface area contributed by atoms with E-state index in [0.717, 1.165) is 17.8 Å². The first-order valence-corrected chi connectivity index (χ1v) is 7.50. The van der Waals surface area contributed by atoms with Gasteiger partial charge in [0.15, 0.2) is 0 Å². The second-order valence-electron chi connectivity index (χ2n) is 5.81. The normalized spacial score (nSPS) is 16.1. The van der Waals surface area contributed by atoms with E-state index < -0.39 is 0 Å². The van der Waals surface area contributed by atoms with E-state index in [1.165, 1.54) is 38.2 Å². The molecule has 4 heteroatoms. The lowest BCUT2D eigenvalue weighted by atomic mass is 9.89. The first-order valence-electron chi connectivity index (χ1n) is 7.50. The monoisotopic (exact) mass is 275 g/mol. The van der Waals surface area contributed by atoms with E-state index in [2.05, 4.69) is 11.7 Å². The van der Waals surface area contributed by atoms with Gasteiger partial charge in [-0.05, 0) is 31.8 Å². The number of carbonyl (C=O) groups excluding carboxylic acids is 1. The van der Waals surface area contributed by atoms with Gasteiger partial charge in [0.25, 0.3) is 0 Å². The Labute approximate surface area is 121 Å². The Kier molecular flexibility index (Phi) is 4.99. The summed E-state index contributed by atoms with van der Waals surface area (Å²) in [6.45, 7) is 7.16. The molecule has 0 N–H and O–H groups in total. The number of aryl methyl sites for hydroxylation is 1. The van der Waals surface area contributed by atoms with Gasteiger partial charge in [-0.25, -0.2) is 0 Å². The molecule has 0 spiro atoms. The number of amides is 1. The molecular weight excluding hydrogens is 250 g/mol. The van der Waals surface area contributed by atoms with E-state index in [-0.39, 0.29) is 5.91 Å². The Morgan fingerprint density at radius 1 is 1.50 bits per heavy atom. The molecule has 20 heavy (non-hydrogen) atoms. The summed E-state index contributed by atoms with van der Waals surface area (Å²) in [4.78, 5) is 14.0. The first-order chi connectivity index (χ1) is 9.61. The molecule has 1 aromatic heterocycles. The minimum absolute atomic E-state index is 0.0267. The minimum Gasteiger partial charge on any atom is -0.334 e.